The first kappa shape index (κ1) is 16.8. The van der Waals surface area contributed by atoms with Crippen LogP contribution in [0.4, 0.5) is 5.82 Å². The Hall–Kier alpha value is -2.02. The largest absolute Gasteiger partial charge is 0.264 e. The van der Waals surface area contributed by atoms with Crippen LogP contribution in [-0.2, 0) is 17.1 Å². The van der Waals surface area contributed by atoms with Crippen LogP contribution < -0.4 is 4.72 Å². The molecule has 2 aromatic carbocycles. The maximum absolute atomic E-state index is 12.4. The van der Waals surface area contributed by atoms with Gasteiger partial charge in [-0.15, -0.1) is 0 Å². The average molecular weight is 382 g/mol. The molecule has 0 saturated carbocycles. The summed E-state index contributed by atoms with van der Waals surface area (Å²) < 4.78 is 28.9. The predicted octanol–water partition coefficient (Wildman–Crippen LogP) is 4.19. The third-order valence-electron chi connectivity index (χ3n) is 3.38. The molecular weight excluding hydrogens is 369 g/mol. The van der Waals surface area contributed by atoms with Crippen LogP contribution in [0.1, 0.15) is 0 Å². The SMILES string of the molecule is Cn1nc(-c2ccc(Cl)cc2)cc1NS(=O)(=O)c1ccc(Cl)cc1. The normalized spacial score (nSPS) is 11.5. The molecule has 0 amide bonds. The Morgan fingerprint density at radius 3 is 2.08 bits per heavy atom. The van der Waals surface area contributed by atoms with E-state index in [4.69, 9.17) is 23.2 Å². The molecule has 124 valence electrons. The van der Waals surface area contributed by atoms with Gasteiger partial charge in [0.2, 0.25) is 0 Å². The zero-order chi connectivity index (χ0) is 17.3. The van der Waals surface area contributed by atoms with Crippen molar-refractivity contribution in [1.82, 2.24) is 9.78 Å². The molecule has 0 fully saturated rings. The van der Waals surface area contributed by atoms with E-state index in [1.807, 2.05) is 12.1 Å². The quantitative estimate of drug-likeness (QED) is 0.736. The monoisotopic (exact) mass is 381 g/mol. The van der Waals surface area contributed by atoms with Gasteiger partial charge in [-0.25, -0.2) is 8.42 Å². The van der Waals surface area contributed by atoms with Gasteiger partial charge in [-0.3, -0.25) is 9.40 Å². The lowest BCUT2D eigenvalue weighted by Crippen LogP contribution is -2.15. The fourth-order valence-electron chi connectivity index (χ4n) is 2.13. The second-order valence-electron chi connectivity index (χ2n) is 5.10. The summed E-state index contributed by atoms with van der Waals surface area (Å²) in [4.78, 5) is 0.126. The van der Waals surface area contributed by atoms with Crippen molar-refractivity contribution in [2.24, 2.45) is 7.05 Å². The Bertz CT molecular complexity index is 966. The van der Waals surface area contributed by atoms with Crippen molar-refractivity contribution in [1.29, 1.82) is 0 Å². The first-order valence-corrected chi connectivity index (χ1v) is 9.17. The highest BCUT2D eigenvalue weighted by molar-refractivity contribution is 7.92. The molecule has 1 N–H and O–H groups in total. The summed E-state index contributed by atoms with van der Waals surface area (Å²) in [6, 6.07) is 14.8. The molecule has 0 spiro atoms. The molecule has 5 nitrogen and oxygen atoms in total. The Morgan fingerprint density at radius 1 is 0.958 bits per heavy atom. The summed E-state index contributed by atoms with van der Waals surface area (Å²) >= 11 is 11.7. The maximum Gasteiger partial charge on any atom is 0.263 e. The third-order valence-corrected chi connectivity index (χ3v) is 5.26. The summed E-state index contributed by atoms with van der Waals surface area (Å²) in [5, 5.41) is 5.42. The number of benzene rings is 2. The first-order chi connectivity index (χ1) is 11.3. The highest BCUT2D eigenvalue weighted by Crippen LogP contribution is 2.25. The van der Waals surface area contributed by atoms with Crippen LogP contribution in [0.3, 0.4) is 0 Å². The van der Waals surface area contributed by atoms with Gasteiger partial charge in [-0.05, 0) is 36.4 Å². The smallest absolute Gasteiger partial charge is 0.263 e. The van der Waals surface area contributed by atoms with Crippen molar-refractivity contribution < 1.29 is 8.42 Å². The number of halogens is 2. The van der Waals surface area contributed by atoms with Gasteiger partial charge in [-0.1, -0.05) is 35.3 Å². The third kappa shape index (κ3) is 3.56. The predicted molar refractivity (Wildman–Crippen MR) is 95.9 cm³/mol. The molecule has 0 atom stereocenters. The fraction of sp³-hybridized carbons (Fsp3) is 0.0625. The van der Waals surface area contributed by atoms with E-state index in [2.05, 4.69) is 9.82 Å². The number of sulfonamides is 1. The van der Waals surface area contributed by atoms with Crippen molar-refractivity contribution in [3.63, 3.8) is 0 Å². The van der Waals surface area contributed by atoms with Crippen molar-refractivity contribution in [3.05, 3.63) is 64.6 Å². The van der Waals surface area contributed by atoms with Crippen LogP contribution in [0.15, 0.2) is 59.5 Å². The lowest BCUT2D eigenvalue weighted by Gasteiger charge is -2.07. The zero-order valence-corrected chi connectivity index (χ0v) is 14.9. The molecular formula is C16H13Cl2N3O2S. The Labute approximate surface area is 149 Å². The van der Waals surface area contributed by atoms with Crippen molar-refractivity contribution in [2.75, 3.05) is 4.72 Å². The van der Waals surface area contributed by atoms with E-state index in [1.165, 1.54) is 28.9 Å². The summed E-state index contributed by atoms with van der Waals surface area (Å²) in [5.74, 6) is 0.356. The number of hydrogen-bond donors (Lipinski definition) is 1. The number of anilines is 1. The first-order valence-electron chi connectivity index (χ1n) is 6.93. The van der Waals surface area contributed by atoms with Gasteiger partial charge < -0.3 is 0 Å². The minimum Gasteiger partial charge on any atom is -0.264 e. The second-order valence-corrected chi connectivity index (χ2v) is 7.66. The fourth-order valence-corrected chi connectivity index (χ4v) is 3.47. The summed E-state index contributed by atoms with van der Waals surface area (Å²) in [5.41, 5.74) is 1.48. The number of rotatable bonds is 4. The van der Waals surface area contributed by atoms with Gasteiger partial charge in [0.05, 0.1) is 10.6 Å². The van der Waals surface area contributed by atoms with E-state index in [0.29, 0.717) is 21.6 Å². The molecule has 24 heavy (non-hydrogen) atoms. The van der Waals surface area contributed by atoms with Crippen LogP contribution in [0.2, 0.25) is 10.0 Å². The molecule has 0 aliphatic heterocycles. The minimum atomic E-state index is -3.72. The van der Waals surface area contributed by atoms with E-state index in [9.17, 15) is 8.42 Å². The molecule has 0 aliphatic carbocycles. The van der Waals surface area contributed by atoms with Gasteiger partial charge in [0.1, 0.15) is 5.82 Å². The summed E-state index contributed by atoms with van der Waals surface area (Å²) in [7, 11) is -2.05. The number of nitrogens with one attached hydrogen (secondary N) is 1. The molecule has 0 unspecified atom stereocenters. The highest BCUT2D eigenvalue weighted by atomic mass is 35.5. The van der Waals surface area contributed by atoms with Gasteiger partial charge >= 0.3 is 0 Å². The lowest BCUT2D eigenvalue weighted by molar-refractivity contribution is 0.600. The van der Waals surface area contributed by atoms with Crippen molar-refractivity contribution in [3.8, 4) is 11.3 Å². The standard InChI is InChI=1S/C16H13Cl2N3O2S/c1-21-16(10-15(19-21)11-2-4-12(17)5-3-11)20-24(22,23)14-8-6-13(18)7-9-14/h2-10,20H,1H3. The molecule has 1 heterocycles. The van der Waals surface area contributed by atoms with E-state index in [-0.39, 0.29) is 4.90 Å². The number of aryl methyl sites for hydroxylation is 1. The number of nitrogens with zero attached hydrogens (tertiary/aromatic N) is 2. The molecule has 3 aromatic rings. The van der Waals surface area contributed by atoms with Crippen LogP contribution >= 0.6 is 23.2 Å². The van der Waals surface area contributed by atoms with Crippen LogP contribution in [0, 0.1) is 0 Å². The molecule has 0 radical (unpaired) electrons. The van der Waals surface area contributed by atoms with Gasteiger partial charge in [0.25, 0.3) is 10.0 Å². The number of aromatic nitrogens is 2. The summed E-state index contributed by atoms with van der Waals surface area (Å²) in [6.45, 7) is 0. The molecule has 8 heteroatoms. The summed E-state index contributed by atoms with van der Waals surface area (Å²) in [6.07, 6.45) is 0. The van der Waals surface area contributed by atoms with E-state index in [1.54, 1.807) is 25.2 Å². The van der Waals surface area contributed by atoms with Crippen molar-refractivity contribution >= 4 is 39.0 Å². The zero-order valence-electron chi connectivity index (χ0n) is 12.6. The van der Waals surface area contributed by atoms with E-state index < -0.39 is 10.0 Å². The molecule has 0 aliphatic rings. The van der Waals surface area contributed by atoms with Crippen LogP contribution in [-0.4, -0.2) is 18.2 Å². The minimum absolute atomic E-state index is 0.126. The molecule has 0 bridgehead atoms. The van der Waals surface area contributed by atoms with Gasteiger partial charge in [-0.2, -0.15) is 5.10 Å². The Morgan fingerprint density at radius 2 is 1.50 bits per heavy atom. The molecule has 3 rings (SSSR count). The topological polar surface area (TPSA) is 64.0 Å². The van der Waals surface area contributed by atoms with Crippen LogP contribution in [0.25, 0.3) is 11.3 Å². The van der Waals surface area contributed by atoms with Gasteiger partial charge in [0, 0.05) is 28.7 Å². The highest BCUT2D eigenvalue weighted by Gasteiger charge is 2.17. The number of hydrogen-bond acceptors (Lipinski definition) is 3. The van der Waals surface area contributed by atoms with Crippen molar-refractivity contribution in [2.45, 2.75) is 4.90 Å². The Kier molecular flexibility index (Phi) is 4.54. The maximum atomic E-state index is 12.4. The van der Waals surface area contributed by atoms with Crippen LogP contribution in [0.5, 0.6) is 0 Å². The van der Waals surface area contributed by atoms with E-state index in [0.717, 1.165) is 5.56 Å². The van der Waals surface area contributed by atoms with Gasteiger partial charge in [0.15, 0.2) is 0 Å². The Balaban J connectivity index is 1.90. The molecule has 0 saturated heterocycles. The average Bonchev–Trinajstić information content (AvgIpc) is 2.89. The second kappa shape index (κ2) is 6.47. The molecule has 1 aromatic heterocycles. The lowest BCUT2D eigenvalue weighted by atomic mass is 10.1. The van der Waals surface area contributed by atoms with E-state index >= 15 is 0 Å².